The highest BCUT2D eigenvalue weighted by Gasteiger charge is 2.31. The number of hydrogen-bond acceptors (Lipinski definition) is 5. The summed E-state index contributed by atoms with van der Waals surface area (Å²) < 4.78 is 85.5. The first kappa shape index (κ1) is 19.2. The van der Waals surface area contributed by atoms with Crippen LogP contribution in [-0.2, 0) is 6.18 Å². The van der Waals surface area contributed by atoms with Crippen LogP contribution in [0.5, 0.6) is 17.6 Å². The second kappa shape index (κ2) is 6.87. The van der Waals surface area contributed by atoms with Crippen molar-refractivity contribution in [1.82, 2.24) is 9.97 Å². The summed E-state index contributed by atoms with van der Waals surface area (Å²) in [5.41, 5.74) is -0.930. The number of aryl methyl sites for hydroxylation is 1. The van der Waals surface area contributed by atoms with Gasteiger partial charge in [-0.2, -0.15) is 36.3 Å². The molecule has 0 fully saturated rings. The van der Waals surface area contributed by atoms with E-state index in [4.69, 9.17) is 4.74 Å². The average molecular weight is 408 g/mol. The maximum absolute atomic E-state index is 12.8. The first-order valence-corrected chi connectivity index (χ1v) is 8.16. The summed E-state index contributed by atoms with van der Waals surface area (Å²) in [6.45, 7) is 0.127. The minimum atomic E-state index is -4.59. The summed E-state index contributed by atoms with van der Waals surface area (Å²) in [4.78, 5) is 8.72. The van der Waals surface area contributed by atoms with E-state index < -0.39 is 30.5 Å². The SMILES string of the molecule is Cc1cc2c(Oc3cccc(C(F)(F)F)c3)nc(OCC(F)(F)F)nc2s1. The third-order valence-electron chi connectivity index (χ3n) is 3.20. The third-order valence-corrected chi connectivity index (χ3v) is 4.15. The molecule has 0 unspecified atom stereocenters. The number of aromatic nitrogens is 2. The number of nitrogens with zero attached hydrogens (tertiary/aromatic N) is 2. The number of benzene rings is 1. The molecule has 0 N–H and O–H groups in total. The summed E-state index contributed by atoms with van der Waals surface area (Å²) in [7, 11) is 0. The van der Waals surface area contributed by atoms with Crippen LogP contribution in [0.4, 0.5) is 26.3 Å². The Hall–Kier alpha value is -2.56. The van der Waals surface area contributed by atoms with Crippen molar-refractivity contribution in [3.05, 3.63) is 40.8 Å². The van der Waals surface area contributed by atoms with Crippen LogP contribution in [0.25, 0.3) is 10.2 Å². The third kappa shape index (κ3) is 4.79. The monoisotopic (exact) mass is 408 g/mol. The van der Waals surface area contributed by atoms with Crippen LogP contribution in [0.3, 0.4) is 0 Å². The normalized spacial score (nSPS) is 12.4. The number of halogens is 6. The molecule has 144 valence electrons. The minimum absolute atomic E-state index is 0.171. The number of alkyl halides is 6. The molecule has 27 heavy (non-hydrogen) atoms. The maximum Gasteiger partial charge on any atom is 0.422 e. The van der Waals surface area contributed by atoms with Crippen molar-refractivity contribution < 1.29 is 35.8 Å². The molecule has 2 heterocycles. The summed E-state index contributed by atoms with van der Waals surface area (Å²) in [6, 6.07) is 5.10. The highest BCUT2D eigenvalue weighted by molar-refractivity contribution is 7.18. The van der Waals surface area contributed by atoms with E-state index in [-0.39, 0.29) is 11.6 Å². The van der Waals surface area contributed by atoms with Crippen molar-refractivity contribution in [3.63, 3.8) is 0 Å². The molecular weight excluding hydrogens is 398 g/mol. The fourth-order valence-corrected chi connectivity index (χ4v) is 3.00. The van der Waals surface area contributed by atoms with Gasteiger partial charge in [0.05, 0.1) is 10.9 Å². The summed E-state index contributed by atoms with van der Waals surface area (Å²) in [5.74, 6) is -0.365. The Morgan fingerprint density at radius 3 is 2.44 bits per heavy atom. The molecule has 0 radical (unpaired) electrons. The molecule has 0 saturated carbocycles. The van der Waals surface area contributed by atoms with E-state index in [2.05, 4.69) is 14.7 Å². The molecule has 0 atom stereocenters. The average Bonchev–Trinajstić information content (AvgIpc) is 2.92. The van der Waals surface area contributed by atoms with Gasteiger partial charge in [0, 0.05) is 4.88 Å². The van der Waals surface area contributed by atoms with E-state index >= 15 is 0 Å². The summed E-state index contributed by atoms with van der Waals surface area (Å²) in [5, 5.41) is 0.356. The predicted molar refractivity (Wildman–Crippen MR) is 85.2 cm³/mol. The Morgan fingerprint density at radius 2 is 1.78 bits per heavy atom. The molecule has 0 aliphatic carbocycles. The molecule has 0 saturated heterocycles. The van der Waals surface area contributed by atoms with Gasteiger partial charge in [0.25, 0.3) is 0 Å². The fourth-order valence-electron chi connectivity index (χ4n) is 2.13. The minimum Gasteiger partial charge on any atom is -0.454 e. The van der Waals surface area contributed by atoms with Crippen molar-refractivity contribution in [2.75, 3.05) is 6.61 Å². The van der Waals surface area contributed by atoms with E-state index in [9.17, 15) is 26.3 Å². The molecule has 0 bridgehead atoms. The van der Waals surface area contributed by atoms with Gasteiger partial charge >= 0.3 is 18.4 Å². The number of hydrogen-bond donors (Lipinski definition) is 0. The Kier molecular flexibility index (Phi) is 4.89. The van der Waals surface area contributed by atoms with Crippen LogP contribution in [0.15, 0.2) is 30.3 Å². The second-order valence-electron chi connectivity index (χ2n) is 5.42. The van der Waals surface area contributed by atoms with Crippen molar-refractivity contribution in [2.45, 2.75) is 19.3 Å². The van der Waals surface area contributed by atoms with E-state index in [1.54, 1.807) is 13.0 Å². The van der Waals surface area contributed by atoms with E-state index in [0.29, 0.717) is 10.2 Å². The molecule has 4 nitrogen and oxygen atoms in total. The molecule has 0 spiro atoms. The van der Waals surface area contributed by atoms with Gasteiger partial charge in [-0.15, -0.1) is 11.3 Å². The van der Waals surface area contributed by atoms with Gasteiger partial charge in [-0.25, -0.2) is 0 Å². The van der Waals surface area contributed by atoms with Crippen molar-refractivity contribution in [2.24, 2.45) is 0 Å². The zero-order valence-electron chi connectivity index (χ0n) is 13.5. The highest BCUT2D eigenvalue weighted by atomic mass is 32.1. The lowest BCUT2D eigenvalue weighted by Crippen LogP contribution is -2.20. The molecular formula is C16H10F6N2O2S. The summed E-state index contributed by atoms with van der Waals surface area (Å²) >= 11 is 1.16. The molecule has 0 aliphatic heterocycles. The first-order chi connectivity index (χ1) is 12.5. The van der Waals surface area contributed by atoms with Gasteiger partial charge in [0.2, 0.25) is 5.88 Å². The quantitative estimate of drug-likeness (QED) is 0.516. The lowest BCUT2D eigenvalue weighted by molar-refractivity contribution is -0.154. The number of ether oxygens (including phenoxy) is 2. The van der Waals surface area contributed by atoms with Gasteiger partial charge in [0.15, 0.2) is 6.61 Å². The number of thiophene rings is 1. The lowest BCUT2D eigenvalue weighted by atomic mass is 10.2. The van der Waals surface area contributed by atoms with Crippen LogP contribution in [-0.4, -0.2) is 22.8 Å². The molecule has 11 heteroatoms. The zero-order chi connectivity index (χ0) is 19.8. The van der Waals surface area contributed by atoms with Gasteiger partial charge in [0.1, 0.15) is 10.6 Å². The molecule has 0 amide bonds. The second-order valence-corrected chi connectivity index (χ2v) is 6.65. The van der Waals surface area contributed by atoms with E-state index in [1.165, 1.54) is 6.07 Å². The molecule has 0 aliphatic rings. The van der Waals surface area contributed by atoms with Crippen molar-refractivity contribution in [1.29, 1.82) is 0 Å². The Labute approximate surface area is 152 Å². The van der Waals surface area contributed by atoms with E-state index in [0.717, 1.165) is 34.4 Å². The topological polar surface area (TPSA) is 44.2 Å². The Balaban J connectivity index is 1.97. The standard InChI is InChI=1S/C16H10F6N2O2S/c1-8-5-11-12(26-10-4-2-3-9(6-10)16(20,21)22)23-14(24-13(11)27-8)25-7-15(17,18)19/h2-6H,7H2,1H3. The van der Waals surface area contributed by atoms with E-state index in [1.807, 2.05) is 0 Å². The molecule has 3 rings (SSSR count). The highest BCUT2D eigenvalue weighted by Crippen LogP contribution is 2.36. The maximum atomic E-state index is 12.8. The smallest absolute Gasteiger partial charge is 0.422 e. The van der Waals surface area contributed by atoms with Crippen molar-refractivity contribution >= 4 is 21.6 Å². The van der Waals surface area contributed by atoms with Gasteiger partial charge < -0.3 is 9.47 Å². The summed E-state index contributed by atoms with van der Waals surface area (Å²) in [6.07, 6.45) is -9.16. The Bertz CT molecular complexity index is 968. The zero-order valence-corrected chi connectivity index (χ0v) is 14.3. The molecule has 1 aromatic carbocycles. The molecule has 2 aromatic heterocycles. The largest absolute Gasteiger partial charge is 0.454 e. The van der Waals surface area contributed by atoms with Crippen LogP contribution in [0.1, 0.15) is 10.4 Å². The predicted octanol–water partition coefficient (Wildman–Crippen LogP) is 5.75. The van der Waals surface area contributed by atoms with Crippen LogP contribution in [0.2, 0.25) is 0 Å². The number of fused-ring (bicyclic) bond motifs is 1. The fraction of sp³-hybridized carbons (Fsp3) is 0.250. The van der Waals surface area contributed by atoms with Gasteiger partial charge in [-0.3, -0.25) is 0 Å². The van der Waals surface area contributed by atoms with Gasteiger partial charge in [-0.1, -0.05) is 6.07 Å². The Morgan fingerprint density at radius 1 is 1.04 bits per heavy atom. The van der Waals surface area contributed by atoms with Crippen LogP contribution < -0.4 is 9.47 Å². The van der Waals surface area contributed by atoms with Crippen LogP contribution in [0, 0.1) is 6.92 Å². The number of rotatable bonds is 4. The van der Waals surface area contributed by atoms with Crippen LogP contribution >= 0.6 is 11.3 Å². The lowest BCUT2D eigenvalue weighted by Gasteiger charge is -2.11. The first-order valence-electron chi connectivity index (χ1n) is 7.34. The molecule has 3 aromatic rings. The van der Waals surface area contributed by atoms with Crippen molar-refractivity contribution in [3.8, 4) is 17.6 Å². The van der Waals surface area contributed by atoms with Gasteiger partial charge in [-0.05, 0) is 31.2 Å².